The Morgan fingerprint density at radius 1 is 1.21 bits per heavy atom. The highest BCUT2D eigenvalue weighted by molar-refractivity contribution is 6.31. The maximum Gasteiger partial charge on any atom is 0.249 e. The summed E-state index contributed by atoms with van der Waals surface area (Å²) < 4.78 is 0. The van der Waals surface area contributed by atoms with Gasteiger partial charge in [-0.3, -0.25) is 4.79 Å². The molecule has 24 heavy (non-hydrogen) atoms. The smallest absolute Gasteiger partial charge is 0.249 e. The van der Waals surface area contributed by atoms with Gasteiger partial charge in [0.2, 0.25) is 5.91 Å². The number of pyridine rings is 1. The molecule has 1 aromatic heterocycles. The van der Waals surface area contributed by atoms with Crippen LogP contribution in [0.4, 0.5) is 5.82 Å². The van der Waals surface area contributed by atoms with Crippen molar-refractivity contribution in [1.82, 2.24) is 9.88 Å². The van der Waals surface area contributed by atoms with Gasteiger partial charge in [0.1, 0.15) is 5.82 Å². The number of primary amides is 1. The molecule has 5 nitrogen and oxygen atoms in total. The number of aromatic nitrogens is 1. The fourth-order valence-electron chi connectivity index (χ4n) is 2.90. The van der Waals surface area contributed by atoms with Crippen LogP contribution in [0.25, 0.3) is 0 Å². The quantitative estimate of drug-likeness (QED) is 0.923. The van der Waals surface area contributed by atoms with E-state index in [1.165, 1.54) is 0 Å². The molecule has 0 unspecified atom stereocenters. The van der Waals surface area contributed by atoms with Crippen LogP contribution in [-0.4, -0.2) is 49.0 Å². The summed E-state index contributed by atoms with van der Waals surface area (Å²) in [7, 11) is 2.10. The zero-order valence-corrected chi connectivity index (χ0v) is 14.5. The molecule has 1 aliphatic heterocycles. The van der Waals surface area contributed by atoms with Crippen LogP contribution in [0.15, 0.2) is 36.5 Å². The van der Waals surface area contributed by atoms with Crippen molar-refractivity contribution in [3.8, 4) is 0 Å². The van der Waals surface area contributed by atoms with Gasteiger partial charge in [-0.05, 0) is 30.3 Å². The number of likely N-dealkylation sites (N-methyl/N-ethyl adjacent to an activating group) is 1. The minimum atomic E-state index is -0.435. The second-order valence-electron chi connectivity index (χ2n) is 6.12. The van der Waals surface area contributed by atoms with E-state index in [9.17, 15) is 4.79 Å². The van der Waals surface area contributed by atoms with Crippen LogP contribution >= 0.6 is 11.6 Å². The molecule has 0 atom stereocenters. The van der Waals surface area contributed by atoms with Gasteiger partial charge in [0, 0.05) is 49.4 Å². The van der Waals surface area contributed by atoms with Gasteiger partial charge in [-0.1, -0.05) is 29.8 Å². The van der Waals surface area contributed by atoms with E-state index in [0.29, 0.717) is 17.0 Å². The summed E-state index contributed by atoms with van der Waals surface area (Å²) in [6.45, 7) is 3.75. The number of nitrogens with zero attached hydrogens (tertiary/aromatic N) is 3. The first-order chi connectivity index (χ1) is 11.5. The minimum absolute atomic E-state index is 0.435. The number of hydrogen-bond acceptors (Lipinski definition) is 4. The summed E-state index contributed by atoms with van der Waals surface area (Å²) in [4.78, 5) is 20.9. The standard InChI is InChI=1S/C18H21ClN4O/c1-22-6-8-23(9-7-22)17-11-15(18(20)24)14(12-21-17)10-13-4-2-3-5-16(13)19/h2-5,11-12H,6-10H2,1H3,(H2,20,24). The number of nitrogens with two attached hydrogens (primary N) is 1. The van der Waals surface area contributed by atoms with Gasteiger partial charge in [0.15, 0.2) is 0 Å². The first-order valence-corrected chi connectivity index (χ1v) is 8.38. The van der Waals surface area contributed by atoms with E-state index in [1.54, 1.807) is 12.3 Å². The molecule has 2 aromatic rings. The van der Waals surface area contributed by atoms with Gasteiger partial charge in [-0.2, -0.15) is 0 Å². The Kier molecular flexibility index (Phi) is 5.02. The number of carbonyl (C=O) groups is 1. The van der Waals surface area contributed by atoms with E-state index in [0.717, 1.165) is 43.1 Å². The summed E-state index contributed by atoms with van der Waals surface area (Å²) >= 11 is 6.22. The molecule has 3 rings (SSSR count). The van der Waals surface area contributed by atoms with Crippen molar-refractivity contribution >= 4 is 23.3 Å². The highest BCUT2D eigenvalue weighted by atomic mass is 35.5. The zero-order valence-electron chi connectivity index (χ0n) is 13.7. The van der Waals surface area contributed by atoms with E-state index in [-0.39, 0.29) is 0 Å². The Labute approximate surface area is 147 Å². The summed E-state index contributed by atoms with van der Waals surface area (Å²) in [6, 6.07) is 9.40. The van der Waals surface area contributed by atoms with Crippen LogP contribution in [-0.2, 0) is 6.42 Å². The third-order valence-corrected chi connectivity index (χ3v) is 4.77. The Hall–Kier alpha value is -2.11. The number of piperazine rings is 1. The second kappa shape index (κ2) is 7.20. The lowest BCUT2D eigenvalue weighted by Gasteiger charge is -2.33. The molecular formula is C18H21ClN4O. The number of carbonyl (C=O) groups excluding carboxylic acids is 1. The summed E-state index contributed by atoms with van der Waals surface area (Å²) in [6.07, 6.45) is 2.28. The lowest BCUT2D eigenvalue weighted by Crippen LogP contribution is -2.44. The van der Waals surface area contributed by atoms with Crippen LogP contribution in [0.3, 0.4) is 0 Å². The summed E-state index contributed by atoms with van der Waals surface area (Å²) in [5.41, 5.74) is 7.87. The van der Waals surface area contributed by atoms with Crippen molar-refractivity contribution in [3.63, 3.8) is 0 Å². The fourth-order valence-corrected chi connectivity index (χ4v) is 3.10. The molecule has 0 spiro atoms. The molecule has 2 heterocycles. The van der Waals surface area contributed by atoms with Crippen molar-refractivity contribution in [1.29, 1.82) is 0 Å². The van der Waals surface area contributed by atoms with E-state index in [2.05, 4.69) is 21.8 Å². The van der Waals surface area contributed by atoms with E-state index >= 15 is 0 Å². The Morgan fingerprint density at radius 2 is 1.92 bits per heavy atom. The lowest BCUT2D eigenvalue weighted by molar-refractivity contribution is 0.0999. The van der Waals surface area contributed by atoms with E-state index in [1.807, 2.05) is 24.3 Å². The molecule has 0 bridgehead atoms. The molecular weight excluding hydrogens is 324 g/mol. The third-order valence-electron chi connectivity index (χ3n) is 4.40. The Balaban J connectivity index is 1.88. The second-order valence-corrected chi connectivity index (χ2v) is 6.53. The van der Waals surface area contributed by atoms with Crippen LogP contribution in [0.1, 0.15) is 21.5 Å². The molecule has 1 fully saturated rings. The van der Waals surface area contributed by atoms with E-state index in [4.69, 9.17) is 17.3 Å². The summed E-state index contributed by atoms with van der Waals surface area (Å²) in [5.74, 6) is 0.370. The molecule has 1 amide bonds. The van der Waals surface area contributed by atoms with Crippen LogP contribution < -0.4 is 10.6 Å². The van der Waals surface area contributed by atoms with Crippen LogP contribution in [0.2, 0.25) is 5.02 Å². The number of halogens is 1. The third kappa shape index (κ3) is 3.68. The lowest BCUT2D eigenvalue weighted by atomic mass is 10.0. The Bertz CT molecular complexity index is 742. The van der Waals surface area contributed by atoms with Gasteiger partial charge < -0.3 is 15.5 Å². The molecule has 1 aliphatic rings. The monoisotopic (exact) mass is 344 g/mol. The minimum Gasteiger partial charge on any atom is -0.366 e. The average Bonchev–Trinajstić information content (AvgIpc) is 2.58. The van der Waals surface area contributed by atoms with Gasteiger partial charge in [0.25, 0.3) is 0 Å². The number of benzene rings is 1. The molecule has 126 valence electrons. The van der Waals surface area contributed by atoms with Crippen molar-refractivity contribution in [2.24, 2.45) is 5.73 Å². The molecule has 1 saturated heterocycles. The predicted octanol–water partition coefficient (Wildman–Crippen LogP) is 2.18. The highest BCUT2D eigenvalue weighted by Crippen LogP contribution is 2.23. The maximum atomic E-state index is 11.9. The zero-order chi connectivity index (χ0) is 17.1. The SMILES string of the molecule is CN1CCN(c2cc(C(N)=O)c(Cc3ccccc3Cl)cn2)CC1. The molecule has 2 N–H and O–H groups in total. The van der Waals surface area contributed by atoms with Gasteiger partial charge in [-0.25, -0.2) is 4.98 Å². The first kappa shape index (κ1) is 16.7. The first-order valence-electron chi connectivity index (χ1n) is 8.00. The molecule has 0 saturated carbocycles. The fraction of sp³-hybridized carbons (Fsp3) is 0.333. The molecule has 0 radical (unpaired) electrons. The van der Waals surface area contributed by atoms with Gasteiger partial charge >= 0.3 is 0 Å². The van der Waals surface area contributed by atoms with Crippen molar-refractivity contribution in [2.45, 2.75) is 6.42 Å². The van der Waals surface area contributed by atoms with Crippen molar-refractivity contribution in [2.75, 3.05) is 38.1 Å². The van der Waals surface area contributed by atoms with Crippen molar-refractivity contribution in [3.05, 3.63) is 58.2 Å². The van der Waals surface area contributed by atoms with Crippen molar-refractivity contribution < 1.29 is 4.79 Å². The highest BCUT2D eigenvalue weighted by Gasteiger charge is 2.18. The van der Waals surface area contributed by atoms with Gasteiger partial charge in [0.05, 0.1) is 0 Å². The molecule has 0 aliphatic carbocycles. The number of amides is 1. The molecule has 1 aromatic carbocycles. The van der Waals surface area contributed by atoms with Crippen LogP contribution in [0.5, 0.6) is 0 Å². The largest absolute Gasteiger partial charge is 0.366 e. The Morgan fingerprint density at radius 3 is 2.58 bits per heavy atom. The molecule has 6 heteroatoms. The van der Waals surface area contributed by atoms with Crippen LogP contribution in [0, 0.1) is 0 Å². The normalized spacial score (nSPS) is 15.5. The number of rotatable bonds is 4. The average molecular weight is 345 g/mol. The number of anilines is 1. The van der Waals surface area contributed by atoms with Gasteiger partial charge in [-0.15, -0.1) is 0 Å². The van der Waals surface area contributed by atoms with E-state index < -0.39 is 5.91 Å². The predicted molar refractivity (Wildman–Crippen MR) is 96.7 cm³/mol. The summed E-state index contributed by atoms with van der Waals surface area (Å²) in [5, 5.41) is 0.677. The maximum absolute atomic E-state index is 11.9. The number of hydrogen-bond donors (Lipinski definition) is 1. The topological polar surface area (TPSA) is 62.5 Å².